The smallest absolute Gasteiger partial charge is 0.344 e. The molecule has 0 spiro atoms. The van der Waals surface area contributed by atoms with E-state index in [1.807, 2.05) is 33.8 Å². The van der Waals surface area contributed by atoms with Crippen molar-refractivity contribution in [1.82, 2.24) is 0 Å². The fourth-order valence-electron chi connectivity index (χ4n) is 3.49. The van der Waals surface area contributed by atoms with Crippen LogP contribution in [0.4, 0.5) is 0 Å². The average Bonchev–Trinajstić information content (AvgIpc) is 2.82. The van der Waals surface area contributed by atoms with E-state index in [9.17, 15) is 24.6 Å². The predicted molar refractivity (Wildman–Crippen MR) is 142 cm³/mol. The van der Waals surface area contributed by atoms with Crippen LogP contribution < -0.4 is 0 Å². The summed E-state index contributed by atoms with van der Waals surface area (Å²) in [5.41, 5.74) is -0.134. The van der Waals surface area contributed by atoms with Gasteiger partial charge in [0.2, 0.25) is 0 Å². The van der Waals surface area contributed by atoms with Gasteiger partial charge < -0.3 is 14.9 Å². The van der Waals surface area contributed by atoms with Gasteiger partial charge in [0, 0.05) is 5.56 Å². The summed E-state index contributed by atoms with van der Waals surface area (Å²) in [4.78, 5) is 38.3. The van der Waals surface area contributed by atoms with Crippen LogP contribution in [0.3, 0.4) is 0 Å². The first-order chi connectivity index (χ1) is 16.8. The molecule has 6 nitrogen and oxygen atoms in total. The molecule has 0 radical (unpaired) electrons. The molecular formula is C29H38O6. The molecule has 0 fully saturated rings. The van der Waals surface area contributed by atoms with Crippen LogP contribution in [0.5, 0.6) is 0 Å². The molecule has 0 amide bonds. The number of benzene rings is 1. The number of rotatable bonds is 15. The van der Waals surface area contributed by atoms with Gasteiger partial charge in [0.05, 0.1) is 23.0 Å². The summed E-state index contributed by atoms with van der Waals surface area (Å²) in [6.45, 7) is 7.93. The van der Waals surface area contributed by atoms with Gasteiger partial charge in [-0.3, -0.25) is 0 Å². The maximum absolute atomic E-state index is 13.2. The van der Waals surface area contributed by atoms with Gasteiger partial charge in [0.1, 0.15) is 0 Å². The molecule has 0 aliphatic rings. The predicted octanol–water partition coefficient (Wildman–Crippen LogP) is 7.99. The van der Waals surface area contributed by atoms with Crippen molar-refractivity contribution in [2.45, 2.75) is 79.1 Å². The molecule has 1 rings (SSSR count). The Bertz CT molecular complexity index is 995. The summed E-state index contributed by atoms with van der Waals surface area (Å²) in [6.07, 6.45) is 19.1. The number of unbranched alkanes of at least 4 members (excludes halogenated alkanes) is 4. The molecule has 0 unspecified atom stereocenters. The SMILES string of the molecule is CCCC=COC(=O)c1c(C=CCCC)c(C(=O)O)c(C=CCCC)c(C=CCCC)c1C(=O)O. The van der Waals surface area contributed by atoms with Crippen LogP contribution in [0.1, 0.15) is 127 Å². The molecule has 35 heavy (non-hydrogen) atoms. The zero-order valence-corrected chi connectivity index (χ0v) is 21.3. The van der Waals surface area contributed by atoms with E-state index < -0.39 is 17.9 Å². The fraction of sp³-hybridized carbons (Fsp3) is 0.414. The van der Waals surface area contributed by atoms with Crippen LogP contribution in [-0.2, 0) is 4.74 Å². The van der Waals surface area contributed by atoms with Crippen LogP contribution >= 0.6 is 0 Å². The second-order valence-corrected chi connectivity index (χ2v) is 8.12. The Labute approximate surface area is 208 Å². The average molecular weight is 483 g/mol. The van der Waals surface area contributed by atoms with Crippen molar-refractivity contribution in [2.24, 2.45) is 0 Å². The highest BCUT2D eigenvalue weighted by molar-refractivity contribution is 6.13. The number of hydrogen-bond acceptors (Lipinski definition) is 4. The number of hydrogen-bond donors (Lipinski definition) is 2. The zero-order chi connectivity index (χ0) is 26.2. The molecule has 0 heterocycles. The van der Waals surface area contributed by atoms with E-state index in [-0.39, 0.29) is 33.4 Å². The molecule has 1 aromatic carbocycles. The monoisotopic (exact) mass is 482 g/mol. The van der Waals surface area contributed by atoms with Crippen molar-refractivity contribution in [3.05, 3.63) is 63.9 Å². The molecular weight excluding hydrogens is 444 g/mol. The number of aromatic carboxylic acids is 2. The second-order valence-electron chi connectivity index (χ2n) is 8.12. The van der Waals surface area contributed by atoms with Gasteiger partial charge in [0.15, 0.2) is 0 Å². The summed E-state index contributed by atoms with van der Waals surface area (Å²) in [5, 5.41) is 20.5. The van der Waals surface area contributed by atoms with Crippen LogP contribution in [0, 0.1) is 0 Å². The van der Waals surface area contributed by atoms with Crippen molar-refractivity contribution in [3.63, 3.8) is 0 Å². The van der Waals surface area contributed by atoms with E-state index in [4.69, 9.17) is 4.74 Å². The largest absolute Gasteiger partial charge is 0.478 e. The van der Waals surface area contributed by atoms with Gasteiger partial charge in [-0.1, -0.05) is 89.8 Å². The van der Waals surface area contributed by atoms with E-state index in [2.05, 4.69) is 0 Å². The lowest BCUT2D eigenvalue weighted by molar-refractivity contribution is 0.0629. The van der Waals surface area contributed by atoms with Crippen molar-refractivity contribution < 1.29 is 29.3 Å². The van der Waals surface area contributed by atoms with E-state index in [0.29, 0.717) is 25.7 Å². The van der Waals surface area contributed by atoms with E-state index >= 15 is 0 Å². The summed E-state index contributed by atoms with van der Waals surface area (Å²) in [7, 11) is 0. The highest BCUT2D eigenvalue weighted by atomic mass is 16.5. The normalized spacial score (nSPS) is 11.9. The number of carboxylic acids is 2. The van der Waals surface area contributed by atoms with Gasteiger partial charge >= 0.3 is 17.9 Å². The summed E-state index contributed by atoms with van der Waals surface area (Å²) in [6, 6.07) is 0. The lowest BCUT2D eigenvalue weighted by Crippen LogP contribution is -2.19. The third kappa shape index (κ3) is 8.71. The van der Waals surface area contributed by atoms with E-state index in [1.165, 1.54) is 12.3 Å². The second kappa shape index (κ2) is 16.3. The molecule has 0 aromatic heterocycles. The number of carbonyl (C=O) groups is 3. The minimum atomic E-state index is -1.32. The first-order valence-electron chi connectivity index (χ1n) is 12.4. The molecule has 0 saturated carbocycles. The van der Waals surface area contributed by atoms with Gasteiger partial charge in [-0.2, -0.15) is 0 Å². The molecule has 2 N–H and O–H groups in total. The van der Waals surface area contributed by atoms with Gasteiger partial charge in [0.25, 0.3) is 0 Å². The molecule has 0 bridgehead atoms. The maximum Gasteiger partial charge on any atom is 0.344 e. The Balaban J connectivity index is 4.15. The van der Waals surface area contributed by atoms with Crippen LogP contribution in [-0.4, -0.2) is 28.1 Å². The Hall–Kier alpha value is -3.41. The minimum absolute atomic E-state index is 0.0426. The molecule has 1 aromatic rings. The maximum atomic E-state index is 13.2. The van der Waals surface area contributed by atoms with Crippen molar-refractivity contribution in [1.29, 1.82) is 0 Å². The Kier molecular flexibility index (Phi) is 13.8. The Morgan fingerprint density at radius 1 is 0.600 bits per heavy atom. The third-order valence-electron chi connectivity index (χ3n) is 5.20. The van der Waals surface area contributed by atoms with Gasteiger partial charge in [-0.25, -0.2) is 14.4 Å². The first kappa shape index (κ1) is 29.6. The minimum Gasteiger partial charge on any atom is -0.478 e. The Morgan fingerprint density at radius 3 is 1.43 bits per heavy atom. The van der Waals surface area contributed by atoms with E-state index in [1.54, 1.807) is 30.4 Å². The highest BCUT2D eigenvalue weighted by Crippen LogP contribution is 2.33. The topological polar surface area (TPSA) is 101 Å². The lowest BCUT2D eigenvalue weighted by Gasteiger charge is -2.18. The fourth-order valence-corrected chi connectivity index (χ4v) is 3.49. The van der Waals surface area contributed by atoms with E-state index in [0.717, 1.165) is 25.7 Å². The van der Waals surface area contributed by atoms with Crippen molar-refractivity contribution in [3.8, 4) is 0 Å². The van der Waals surface area contributed by atoms with Crippen molar-refractivity contribution in [2.75, 3.05) is 0 Å². The first-order valence-corrected chi connectivity index (χ1v) is 12.4. The molecule has 0 aliphatic carbocycles. The quantitative estimate of drug-likeness (QED) is 0.194. The van der Waals surface area contributed by atoms with Crippen LogP contribution in [0.2, 0.25) is 0 Å². The molecule has 0 aliphatic heterocycles. The van der Waals surface area contributed by atoms with Gasteiger partial charge in [-0.15, -0.1) is 0 Å². The number of allylic oxidation sites excluding steroid dienone is 4. The highest BCUT2D eigenvalue weighted by Gasteiger charge is 2.31. The van der Waals surface area contributed by atoms with Crippen LogP contribution in [0.15, 0.2) is 30.6 Å². The molecule has 6 heteroatoms. The Morgan fingerprint density at radius 2 is 1.00 bits per heavy atom. The van der Waals surface area contributed by atoms with Gasteiger partial charge in [-0.05, 0) is 42.9 Å². The standard InChI is InChI=1S/C29H38O6/c1-5-9-13-17-21-22(18-14-10-6-2)25(28(32)33)26(29(34)35-20-16-12-8-4)23(19-15-11-7-3)24(21)27(30)31/h13-20H,5-12H2,1-4H3,(H,30,31)(H,32,33). The number of ether oxygens (including phenoxy) is 1. The molecule has 190 valence electrons. The summed E-state index contributed by atoms with van der Waals surface area (Å²) in [5.74, 6) is -3.46. The third-order valence-corrected chi connectivity index (χ3v) is 5.20. The molecule has 0 atom stereocenters. The molecule has 0 saturated heterocycles. The summed E-state index contributed by atoms with van der Waals surface area (Å²) >= 11 is 0. The lowest BCUT2D eigenvalue weighted by atomic mass is 9.85. The number of carbonyl (C=O) groups excluding carboxylic acids is 1. The van der Waals surface area contributed by atoms with Crippen molar-refractivity contribution >= 4 is 36.1 Å². The summed E-state index contributed by atoms with van der Waals surface area (Å²) < 4.78 is 5.27. The van der Waals surface area contributed by atoms with Crippen LogP contribution in [0.25, 0.3) is 18.2 Å². The number of carboxylic acid groups (broad SMARTS) is 2. The zero-order valence-electron chi connectivity index (χ0n) is 21.3. The number of esters is 1.